The fourth-order valence-corrected chi connectivity index (χ4v) is 4.66. The SMILES string of the molecule is CC(C)CCN(CCC(C)C)S(=O)(=O)N1CCC(N)C(C)(C)C1. The van der Waals surface area contributed by atoms with Crippen LogP contribution in [0, 0.1) is 17.3 Å². The van der Waals surface area contributed by atoms with Gasteiger partial charge in [0.15, 0.2) is 0 Å². The first kappa shape index (κ1) is 20.9. The van der Waals surface area contributed by atoms with Gasteiger partial charge in [-0.2, -0.15) is 17.0 Å². The Morgan fingerprint density at radius 1 is 1.13 bits per heavy atom. The maximum atomic E-state index is 13.1. The predicted molar refractivity (Wildman–Crippen MR) is 97.3 cm³/mol. The molecule has 0 saturated carbocycles. The summed E-state index contributed by atoms with van der Waals surface area (Å²) in [5.41, 5.74) is 5.98. The maximum absolute atomic E-state index is 13.1. The highest BCUT2D eigenvalue weighted by Gasteiger charge is 2.40. The molecule has 0 aromatic heterocycles. The van der Waals surface area contributed by atoms with E-state index in [0.717, 1.165) is 19.3 Å². The average Bonchev–Trinajstić information content (AvgIpc) is 2.40. The van der Waals surface area contributed by atoms with Gasteiger partial charge in [-0.05, 0) is 36.5 Å². The zero-order chi connectivity index (χ0) is 17.8. The van der Waals surface area contributed by atoms with Crippen LogP contribution in [0.25, 0.3) is 0 Å². The summed E-state index contributed by atoms with van der Waals surface area (Å²) in [7, 11) is -3.40. The van der Waals surface area contributed by atoms with Crippen LogP contribution in [-0.4, -0.2) is 49.2 Å². The van der Waals surface area contributed by atoms with Gasteiger partial charge in [0.05, 0.1) is 0 Å². The summed E-state index contributed by atoms with van der Waals surface area (Å²) in [6.07, 6.45) is 2.52. The summed E-state index contributed by atoms with van der Waals surface area (Å²) in [4.78, 5) is 0. The highest BCUT2D eigenvalue weighted by atomic mass is 32.2. The largest absolute Gasteiger partial charge is 0.327 e. The fourth-order valence-electron chi connectivity index (χ4n) is 2.83. The molecule has 1 rings (SSSR count). The molecule has 5 nitrogen and oxygen atoms in total. The number of hydrogen-bond acceptors (Lipinski definition) is 3. The lowest BCUT2D eigenvalue weighted by atomic mass is 9.81. The van der Waals surface area contributed by atoms with Crippen molar-refractivity contribution in [2.24, 2.45) is 23.0 Å². The molecule has 0 bridgehead atoms. The molecule has 0 aliphatic carbocycles. The van der Waals surface area contributed by atoms with Gasteiger partial charge < -0.3 is 5.73 Å². The van der Waals surface area contributed by atoms with Crippen molar-refractivity contribution in [2.45, 2.75) is 66.8 Å². The highest BCUT2D eigenvalue weighted by Crippen LogP contribution is 2.30. The van der Waals surface area contributed by atoms with Crippen LogP contribution in [0.2, 0.25) is 0 Å². The van der Waals surface area contributed by atoms with E-state index < -0.39 is 10.2 Å². The molecule has 1 aliphatic heterocycles. The zero-order valence-electron chi connectivity index (χ0n) is 15.9. The van der Waals surface area contributed by atoms with E-state index in [2.05, 4.69) is 41.5 Å². The van der Waals surface area contributed by atoms with Gasteiger partial charge in [-0.15, -0.1) is 0 Å². The minimum absolute atomic E-state index is 0.0636. The van der Waals surface area contributed by atoms with Crippen molar-refractivity contribution >= 4 is 10.2 Å². The van der Waals surface area contributed by atoms with Crippen LogP contribution >= 0.6 is 0 Å². The molecule has 0 aromatic rings. The lowest BCUT2D eigenvalue weighted by molar-refractivity contribution is 0.147. The van der Waals surface area contributed by atoms with Crippen molar-refractivity contribution in [1.29, 1.82) is 0 Å². The number of rotatable bonds is 8. The van der Waals surface area contributed by atoms with Crippen LogP contribution in [-0.2, 0) is 10.2 Å². The van der Waals surface area contributed by atoms with Crippen molar-refractivity contribution < 1.29 is 8.42 Å². The van der Waals surface area contributed by atoms with Crippen molar-refractivity contribution in [2.75, 3.05) is 26.2 Å². The van der Waals surface area contributed by atoms with E-state index in [4.69, 9.17) is 5.73 Å². The second-order valence-electron chi connectivity index (χ2n) is 8.49. The molecule has 1 fully saturated rings. The second-order valence-corrected chi connectivity index (χ2v) is 10.4. The Morgan fingerprint density at radius 2 is 1.61 bits per heavy atom. The predicted octanol–water partition coefficient (Wildman–Crippen LogP) is 2.68. The third kappa shape index (κ3) is 6.00. The lowest BCUT2D eigenvalue weighted by Crippen LogP contribution is -2.57. The fraction of sp³-hybridized carbons (Fsp3) is 1.00. The van der Waals surface area contributed by atoms with Crippen molar-refractivity contribution in [1.82, 2.24) is 8.61 Å². The Kier molecular flexibility index (Phi) is 7.51. The lowest BCUT2D eigenvalue weighted by Gasteiger charge is -2.43. The first-order chi connectivity index (χ1) is 10.5. The number of piperidine rings is 1. The quantitative estimate of drug-likeness (QED) is 0.734. The van der Waals surface area contributed by atoms with Gasteiger partial charge in [0.2, 0.25) is 0 Å². The minimum Gasteiger partial charge on any atom is -0.327 e. The minimum atomic E-state index is -3.40. The topological polar surface area (TPSA) is 66.6 Å². The molecule has 138 valence electrons. The molecule has 1 unspecified atom stereocenters. The van der Waals surface area contributed by atoms with Crippen LogP contribution in [0.3, 0.4) is 0 Å². The van der Waals surface area contributed by atoms with Crippen LogP contribution in [0.5, 0.6) is 0 Å². The first-order valence-corrected chi connectivity index (χ1v) is 10.4. The molecular formula is C17H37N3O2S. The summed E-state index contributed by atoms with van der Waals surface area (Å²) in [6, 6.07) is 0.0636. The van der Waals surface area contributed by atoms with Crippen LogP contribution in [0.1, 0.15) is 60.8 Å². The van der Waals surface area contributed by atoms with Gasteiger partial charge in [-0.1, -0.05) is 41.5 Å². The standard InChI is InChI=1S/C17H37N3O2S/c1-14(2)7-10-19(11-8-15(3)4)23(21,22)20-12-9-16(18)17(5,6)13-20/h14-16H,7-13,18H2,1-6H3. The van der Waals surface area contributed by atoms with E-state index in [1.54, 1.807) is 8.61 Å². The molecule has 6 heteroatoms. The summed E-state index contributed by atoms with van der Waals surface area (Å²) >= 11 is 0. The highest BCUT2D eigenvalue weighted by molar-refractivity contribution is 7.86. The van der Waals surface area contributed by atoms with E-state index in [-0.39, 0.29) is 11.5 Å². The van der Waals surface area contributed by atoms with Crippen molar-refractivity contribution in [3.8, 4) is 0 Å². The van der Waals surface area contributed by atoms with Crippen LogP contribution in [0.4, 0.5) is 0 Å². The molecular weight excluding hydrogens is 310 g/mol. The Morgan fingerprint density at radius 3 is 2.00 bits per heavy atom. The van der Waals surface area contributed by atoms with E-state index >= 15 is 0 Å². The Hall–Kier alpha value is -0.170. The zero-order valence-corrected chi connectivity index (χ0v) is 16.7. The molecule has 0 amide bonds. The molecule has 2 N–H and O–H groups in total. The van der Waals surface area contributed by atoms with E-state index in [9.17, 15) is 8.42 Å². The molecule has 0 aromatic carbocycles. The van der Waals surface area contributed by atoms with Gasteiger partial charge in [0, 0.05) is 32.2 Å². The maximum Gasteiger partial charge on any atom is 0.281 e. The summed E-state index contributed by atoms with van der Waals surface area (Å²) < 4.78 is 29.6. The van der Waals surface area contributed by atoms with E-state index in [1.807, 2.05) is 0 Å². The third-order valence-electron chi connectivity index (χ3n) is 4.84. The Bertz CT molecular complexity index is 448. The molecule has 0 spiro atoms. The van der Waals surface area contributed by atoms with E-state index in [1.165, 1.54) is 0 Å². The molecule has 23 heavy (non-hydrogen) atoms. The third-order valence-corrected chi connectivity index (χ3v) is 6.82. The van der Waals surface area contributed by atoms with Crippen LogP contribution < -0.4 is 5.73 Å². The Balaban J connectivity index is 2.88. The molecule has 1 atom stereocenters. The van der Waals surface area contributed by atoms with Gasteiger partial charge in [0.1, 0.15) is 0 Å². The van der Waals surface area contributed by atoms with E-state index in [0.29, 0.717) is 38.0 Å². The normalized spacial score (nSPS) is 23.1. The number of nitrogens with two attached hydrogens (primary N) is 1. The summed E-state index contributed by atoms with van der Waals surface area (Å²) in [5.74, 6) is 0.996. The average molecular weight is 348 g/mol. The summed E-state index contributed by atoms with van der Waals surface area (Å²) in [6.45, 7) is 14.9. The van der Waals surface area contributed by atoms with Gasteiger partial charge in [-0.3, -0.25) is 0 Å². The van der Waals surface area contributed by atoms with Crippen molar-refractivity contribution in [3.63, 3.8) is 0 Å². The second kappa shape index (κ2) is 8.28. The molecule has 1 aliphatic rings. The monoisotopic (exact) mass is 347 g/mol. The van der Waals surface area contributed by atoms with Gasteiger partial charge in [-0.25, -0.2) is 0 Å². The molecule has 1 saturated heterocycles. The van der Waals surface area contributed by atoms with Gasteiger partial charge >= 0.3 is 0 Å². The Labute approximate surface area is 143 Å². The number of hydrogen-bond donors (Lipinski definition) is 1. The van der Waals surface area contributed by atoms with Gasteiger partial charge in [0.25, 0.3) is 10.2 Å². The molecule has 1 heterocycles. The first-order valence-electron chi connectivity index (χ1n) is 8.97. The summed E-state index contributed by atoms with van der Waals surface area (Å²) in [5, 5.41) is 0. The molecule has 0 radical (unpaired) electrons. The van der Waals surface area contributed by atoms with Crippen molar-refractivity contribution in [3.05, 3.63) is 0 Å². The number of nitrogens with zero attached hydrogens (tertiary/aromatic N) is 2. The van der Waals surface area contributed by atoms with Crippen LogP contribution in [0.15, 0.2) is 0 Å². The smallest absolute Gasteiger partial charge is 0.281 e.